The van der Waals surface area contributed by atoms with E-state index in [1.807, 2.05) is 37.3 Å². The number of carbonyl (C=O) groups is 2. The highest BCUT2D eigenvalue weighted by atomic mass is 35.5. The largest absolute Gasteiger partial charge is 0.298 e. The standard InChI is InChI=1S/C22H22ClN3O2S/c1-3-4-11-26(20(28)13-17-7-5-6-8-19(17)23)22-25-24-21(29-22)18-10-9-16(14-27)12-15(18)2/h5-10,12,14H,3-4,11,13H2,1-2H3. The van der Waals surface area contributed by atoms with E-state index in [2.05, 4.69) is 17.1 Å². The van der Waals surface area contributed by atoms with Crippen LogP contribution in [0.4, 0.5) is 5.13 Å². The minimum absolute atomic E-state index is 0.0534. The van der Waals surface area contributed by atoms with Crippen molar-refractivity contribution in [1.29, 1.82) is 0 Å². The minimum atomic E-state index is -0.0534. The first kappa shape index (κ1) is 21.1. The van der Waals surface area contributed by atoms with Gasteiger partial charge in [0.25, 0.3) is 0 Å². The molecule has 3 aromatic rings. The van der Waals surface area contributed by atoms with Crippen molar-refractivity contribution in [3.05, 3.63) is 64.2 Å². The van der Waals surface area contributed by atoms with Crippen LogP contribution in [-0.2, 0) is 11.2 Å². The lowest BCUT2D eigenvalue weighted by molar-refractivity contribution is -0.118. The second-order valence-electron chi connectivity index (χ2n) is 6.75. The maximum atomic E-state index is 13.0. The SMILES string of the molecule is CCCCN(C(=O)Cc1ccccc1Cl)c1nnc(-c2ccc(C=O)cc2C)s1. The predicted octanol–water partition coefficient (Wildman–Crippen LogP) is 5.36. The Balaban J connectivity index is 1.87. The first-order valence-electron chi connectivity index (χ1n) is 9.47. The molecule has 0 saturated heterocycles. The van der Waals surface area contributed by atoms with Crippen LogP contribution in [0.25, 0.3) is 10.6 Å². The highest BCUT2D eigenvalue weighted by Gasteiger charge is 2.21. The van der Waals surface area contributed by atoms with Crippen molar-refractivity contribution in [1.82, 2.24) is 10.2 Å². The van der Waals surface area contributed by atoms with E-state index in [0.717, 1.165) is 40.8 Å². The molecule has 150 valence electrons. The molecule has 3 rings (SSSR count). The second kappa shape index (κ2) is 9.76. The molecule has 0 bridgehead atoms. The topological polar surface area (TPSA) is 63.2 Å². The second-order valence-corrected chi connectivity index (χ2v) is 8.11. The quantitative estimate of drug-likeness (QED) is 0.454. The lowest BCUT2D eigenvalue weighted by atomic mass is 10.1. The minimum Gasteiger partial charge on any atom is -0.298 e. The van der Waals surface area contributed by atoms with Gasteiger partial charge >= 0.3 is 0 Å². The Hall–Kier alpha value is -2.57. The molecular formula is C22H22ClN3O2S. The molecule has 0 N–H and O–H groups in total. The maximum absolute atomic E-state index is 13.0. The van der Waals surface area contributed by atoms with Crippen LogP contribution in [0.1, 0.15) is 41.3 Å². The summed E-state index contributed by atoms with van der Waals surface area (Å²) < 4.78 is 0. The lowest BCUT2D eigenvalue weighted by Gasteiger charge is -2.19. The molecule has 29 heavy (non-hydrogen) atoms. The Morgan fingerprint density at radius 3 is 2.69 bits per heavy atom. The zero-order chi connectivity index (χ0) is 20.8. The zero-order valence-corrected chi connectivity index (χ0v) is 18.0. The summed E-state index contributed by atoms with van der Waals surface area (Å²) in [4.78, 5) is 25.7. The van der Waals surface area contributed by atoms with Crippen LogP contribution >= 0.6 is 22.9 Å². The summed E-state index contributed by atoms with van der Waals surface area (Å²) in [5.41, 5.74) is 3.27. The Morgan fingerprint density at radius 1 is 1.21 bits per heavy atom. The van der Waals surface area contributed by atoms with Gasteiger partial charge in [-0.25, -0.2) is 0 Å². The molecule has 0 aliphatic carbocycles. The van der Waals surface area contributed by atoms with Crippen LogP contribution in [0.3, 0.4) is 0 Å². The van der Waals surface area contributed by atoms with Gasteiger partial charge in [0, 0.05) is 22.7 Å². The van der Waals surface area contributed by atoms with Crippen molar-refractivity contribution < 1.29 is 9.59 Å². The number of hydrogen-bond donors (Lipinski definition) is 0. The third-order valence-electron chi connectivity index (χ3n) is 4.60. The first-order valence-corrected chi connectivity index (χ1v) is 10.7. The highest BCUT2D eigenvalue weighted by Crippen LogP contribution is 2.32. The number of unbranched alkanes of at least 4 members (excludes halogenated alkanes) is 1. The van der Waals surface area contributed by atoms with Gasteiger partial charge in [0.05, 0.1) is 6.42 Å². The van der Waals surface area contributed by atoms with Crippen LogP contribution < -0.4 is 4.90 Å². The number of nitrogens with zero attached hydrogens (tertiary/aromatic N) is 3. The van der Waals surface area contributed by atoms with Gasteiger partial charge in [-0.15, -0.1) is 10.2 Å². The fourth-order valence-corrected chi connectivity index (χ4v) is 4.16. The van der Waals surface area contributed by atoms with Gasteiger partial charge in [-0.2, -0.15) is 0 Å². The summed E-state index contributed by atoms with van der Waals surface area (Å²) in [6.45, 7) is 4.60. The van der Waals surface area contributed by atoms with Gasteiger partial charge in [-0.1, -0.05) is 66.6 Å². The Labute approximate surface area is 179 Å². The number of aryl methyl sites for hydroxylation is 1. The van der Waals surface area contributed by atoms with Gasteiger partial charge < -0.3 is 0 Å². The number of rotatable bonds is 8. The molecule has 0 radical (unpaired) electrons. The molecule has 5 nitrogen and oxygen atoms in total. The normalized spacial score (nSPS) is 10.7. The van der Waals surface area contributed by atoms with E-state index in [-0.39, 0.29) is 12.3 Å². The molecule has 0 unspecified atom stereocenters. The molecule has 1 aromatic heterocycles. The molecule has 0 aliphatic rings. The van der Waals surface area contributed by atoms with Crippen molar-refractivity contribution in [2.24, 2.45) is 0 Å². The van der Waals surface area contributed by atoms with Crippen molar-refractivity contribution in [3.8, 4) is 10.6 Å². The number of carbonyl (C=O) groups excluding carboxylic acids is 2. The van der Waals surface area contributed by atoms with Gasteiger partial charge in [-0.3, -0.25) is 14.5 Å². The maximum Gasteiger partial charge on any atom is 0.233 e. The smallest absolute Gasteiger partial charge is 0.233 e. The van der Waals surface area contributed by atoms with E-state index in [4.69, 9.17) is 11.6 Å². The molecule has 7 heteroatoms. The average Bonchev–Trinajstić information content (AvgIpc) is 3.19. The zero-order valence-electron chi connectivity index (χ0n) is 16.4. The number of anilines is 1. The van der Waals surface area contributed by atoms with E-state index < -0.39 is 0 Å². The monoisotopic (exact) mass is 427 g/mol. The fraction of sp³-hybridized carbons (Fsp3) is 0.273. The highest BCUT2D eigenvalue weighted by molar-refractivity contribution is 7.18. The number of aldehydes is 1. The molecule has 0 saturated carbocycles. The molecule has 1 heterocycles. The number of hydrogen-bond acceptors (Lipinski definition) is 5. The van der Waals surface area contributed by atoms with Crippen LogP contribution in [0.2, 0.25) is 5.02 Å². The van der Waals surface area contributed by atoms with Crippen LogP contribution in [-0.4, -0.2) is 28.9 Å². The number of aromatic nitrogens is 2. The summed E-state index contributed by atoms with van der Waals surface area (Å²) >= 11 is 7.61. The van der Waals surface area contributed by atoms with E-state index >= 15 is 0 Å². The van der Waals surface area contributed by atoms with Crippen molar-refractivity contribution in [2.75, 3.05) is 11.4 Å². The third kappa shape index (κ3) is 5.08. The average molecular weight is 428 g/mol. The van der Waals surface area contributed by atoms with Crippen LogP contribution in [0.5, 0.6) is 0 Å². The van der Waals surface area contributed by atoms with E-state index in [1.54, 1.807) is 17.0 Å². The third-order valence-corrected chi connectivity index (χ3v) is 5.95. The van der Waals surface area contributed by atoms with E-state index in [0.29, 0.717) is 22.3 Å². The van der Waals surface area contributed by atoms with Gasteiger partial charge in [0.15, 0.2) is 0 Å². The fourth-order valence-electron chi connectivity index (χ4n) is 2.98. The predicted molar refractivity (Wildman–Crippen MR) is 118 cm³/mol. The van der Waals surface area contributed by atoms with Gasteiger partial charge in [0.1, 0.15) is 11.3 Å². The number of amides is 1. The summed E-state index contributed by atoms with van der Waals surface area (Å²) in [5, 5.41) is 10.5. The summed E-state index contributed by atoms with van der Waals surface area (Å²) in [5.74, 6) is -0.0534. The molecule has 0 aliphatic heterocycles. The van der Waals surface area contributed by atoms with Gasteiger partial charge in [0.2, 0.25) is 11.0 Å². The Bertz CT molecular complexity index is 1020. The molecule has 2 aromatic carbocycles. The van der Waals surface area contributed by atoms with Gasteiger partial charge in [-0.05, 0) is 36.6 Å². The summed E-state index contributed by atoms with van der Waals surface area (Å²) in [7, 11) is 0. The first-order chi connectivity index (χ1) is 14.0. The summed E-state index contributed by atoms with van der Waals surface area (Å²) in [6, 6.07) is 12.8. The lowest BCUT2D eigenvalue weighted by Crippen LogP contribution is -2.33. The van der Waals surface area contributed by atoms with E-state index in [1.165, 1.54) is 11.3 Å². The Kier molecular flexibility index (Phi) is 7.12. The van der Waals surface area contributed by atoms with Crippen LogP contribution in [0, 0.1) is 6.92 Å². The van der Waals surface area contributed by atoms with Crippen LogP contribution in [0.15, 0.2) is 42.5 Å². The Morgan fingerprint density at radius 2 is 2.00 bits per heavy atom. The molecular weight excluding hydrogens is 406 g/mol. The van der Waals surface area contributed by atoms with Crippen molar-refractivity contribution in [3.63, 3.8) is 0 Å². The number of benzene rings is 2. The summed E-state index contributed by atoms with van der Waals surface area (Å²) in [6.07, 6.45) is 2.87. The molecule has 0 atom stereocenters. The molecule has 0 fully saturated rings. The van der Waals surface area contributed by atoms with Crippen molar-refractivity contribution >= 4 is 40.3 Å². The van der Waals surface area contributed by atoms with E-state index in [9.17, 15) is 9.59 Å². The molecule has 0 spiro atoms. The van der Waals surface area contributed by atoms with Crippen molar-refractivity contribution in [2.45, 2.75) is 33.1 Å². The molecule has 1 amide bonds. The number of halogens is 1.